The van der Waals surface area contributed by atoms with Crippen LogP contribution in [-0.2, 0) is 30.5 Å². The van der Waals surface area contributed by atoms with Crippen molar-refractivity contribution in [1.29, 1.82) is 5.26 Å². The lowest BCUT2D eigenvalue weighted by molar-refractivity contribution is -0.148. The van der Waals surface area contributed by atoms with E-state index in [1.165, 1.54) is 4.90 Å². The maximum absolute atomic E-state index is 13.8. The van der Waals surface area contributed by atoms with Crippen LogP contribution >= 0.6 is 0 Å². The van der Waals surface area contributed by atoms with E-state index >= 15 is 0 Å². The van der Waals surface area contributed by atoms with Gasteiger partial charge in [0.05, 0.1) is 18.3 Å². The van der Waals surface area contributed by atoms with Crippen molar-refractivity contribution in [2.75, 3.05) is 13.1 Å². The van der Waals surface area contributed by atoms with Gasteiger partial charge in [-0.2, -0.15) is 18.4 Å². The van der Waals surface area contributed by atoms with Crippen molar-refractivity contribution in [3.8, 4) is 6.07 Å². The molecule has 8 nitrogen and oxygen atoms in total. The Balaban J connectivity index is 1.76. The summed E-state index contributed by atoms with van der Waals surface area (Å²) >= 11 is 0. The maximum Gasteiger partial charge on any atom is 0.449 e. The molecule has 0 saturated carbocycles. The molecule has 3 N–H and O–H groups in total. The summed E-state index contributed by atoms with van der Waals surface area (Å²) in [5.41, 5.74) is 4.91. The second-order valence-corrected chi connectivity index (χ2v) is 7.56. The molecule has 0 aliphatic carbocycles. The van der Waals surface area contributed by atoms with Gasteiger partial charge in [-0.1, -0.05) is 0 Å². The lowest BCUT2D eigenvalue weighted by atomic mass is 10.0. The Morgan fingerprint density at radius 2 is 1.85 bits per heavy atom. The quantitative estimate of drug-likeness (QED) is 0.366. The molecule has 0 fully saturated rings. The molecule has 2 aromatic rings. The van der Waals surface area contributed by atoms with Crippen LogP contribution in [0.5, 0.6) is 0 Å². The van der Waals surface area contributed by atoms with Crippen molar-refractivity contribution in [2.45, 2.75) is 38.1 Å². The Bertz CT molecular complexity index is 1160. The first-order valence-corrected chi connectivity index (χ1v) is 9.90. The lowest BCUT2D eigenvalue weighted by Crippen LogP contribution is -2.42. The monoisotopic (exact) mass is 488 g/mol. The minimum absolute atomic E-state index is 0.142. The van der Waals surface area contributed by atoms with E-state index in [0.717, 1.165) is 4.57 Å². The van der Waals surface area contributed by atoms with Gasteiger partial charge >= 0.3 is 6.18 Å². The first-order chi connectivity index (χ1) is 15.9. The molecule has 1 aliphatic rings. The van der Waals surface area contributed by atoms with Gasteiger partial charge in [-0.05, 0) is 18.1 Å². The molecule has 0 bridgehead atoms. The number of rotatable bonds is 6. The molecule has 0 spiro atoms. The van der Waals surface area contributed by atoms with Crippen LogP contribution in [0.3, 0.4) is 0 Å². The summed E-state index contributed by atoms with van der Waals surface area (Å²) < 4.78 is 81.2. The molecule has 0 unspecified atom stereocenters. The number of nitriles is 1. The molecule has 0 saturated heterocycles. The Kier molecular flexibility index (Phi) is 7.15. The fourth-order valence-corrected chi connectivity index (χ4v) is 3.61. The van der Waals surface area contributed by atoms with Gasteiger partial charge < -0.3 is 20.5 Å². The van der Waals surface area contributed by atoms with Gasteiger partial charge in [0.25, 0.3) is 5.91 Å². The third-order valence-electron chi connectivity index (χ3n) is 5.16. The summed E-state index contributed by atoms with van der Waals surface area (Å²) in [4.78, 5) is 29.5. The van der Waals surface area contributed by atoms with E-state index in [9.17, 15) is 35.9 Å². The van der Waals surface area contributed by atoms with Gasteiger partial charge in [0.1, 0.15) is 12.4 Å². The van der Waals surface area contributed by atoms with E-state index in [-0.39, 0.29) is 43.7 Å². The molecule has 1 aromatic heterocycles. The molecule has 2 amide bonds. The number of nitrogens with one attached hydrogen (secondary N) is 1. The Labute approximate surface area is 188 Å². The fraction of sp³-hybridized carbons (Fsp3) is 0.400. The second kappa shape index (κ2) is 9.72. The normalized spacial score (nSPS) is 14.4. The molecular weight excluding hydrogens is 470 g/mol. The summed E-state index contributed by atoms with van der Waals surface area (Å²) in [5, 5.41) is 10.7. The first-order valence-electron chi connectivity index (χ1n) is 9.90. The van der Waals surface area contributed by atoms with Crippen LogP contribution in [0.1, 0.15) is 34.0 Å². The predicted molar refractivity (Wildman–Crippen MR) is 103 cm³/mol. The van der Waals surface area contributed by atoms with Crippen LogP contribution in [0.15, 0.2) is 12.1 Å². The lowest BCUT2D eigenvalue weighted by Gasteiger charge is -2.30. The van der Waals surface area contributed by atoms with Crippen LogP contribution in [0, 0.1) is 28.8 Å². The molecule has 1 atom stereocenters. The molecule has 0 radical (unpaired) electrons. The Morgan fingerprint density at radius 3 is 2.50 bits per heavy atom. The Morgan fingerprint density at radius 1 is 1.18 bits per heavy atom. The zero-order valence-electron chi connectivity index (χ0n) is 17.4. The minimum Gasteiger partial charge on any atom is -0.338 e. The average molecular weight is 488 g/mol. The number of carbonyl (C=O) groups excluding carboxylic acids is 2. The highest BCUT2D eigenvalue weighted by Gasteiger charge is 2.41. The largest absolute Gasteiger partial charge is 0.449 e. The summed E-state index contributed by atoms with van der Waals surface area (Å²) in [7, 11) is 0. The van der Waals surface area contributed by atoms with E-state index in [0.29, 0.717) is 12.1 Å². The summed E-state index contributed by atoms with van der Waals surface area (Å²) in [6.45, 7) is -1.29. The van der Waals surface area contributed by atoms with E-state index in [1.807, 2.05) is 0 Å². The zero-order valence-corrected chi connectivity index (χ0v) is 17.4. The van der Waals surface area contributed by atoms with Crippen molar-refractivity contribution in [1.82, 2.24) is 19.8 Å². The maximum atomic E-state index is 13.8. The zero-order chi connectivity index (χ0) is 25.2. The van der Waals surface area contributed by atoms with Crippen LogP contribution in [0.2, 0.25) is 0 Å². The molecule has 34 heavy (non-hydrogen) atoms. The molecule has 182 valence electrons. The number of hydrogen-bond acceptors (Lipinski definition) is 5. The van der Waals surface area contributed by atoms with Crippen LogP contribution < -0.4 is 11.1 Å². The van der Waals surface area contributed by atoms with Crippen LogP contribution in [0.4, 0.5) is 26.3 Å². The van der Waals surface area contributed by atoms with Gasteiger partial charge in [-0.3, -0.25) is 9.59 Å². The summed E-state index contributed by atoms with van der Waals surface area (Å²) in [5.74, 6) is -6.58. The number of benzene rings is 1. The number of alkyl halides is 3. The van der Waals surface area contributed by atoms with Crippen molar-refractivity contribution in [2.24, 2.45) is 5.73 Å². The number of nitrogens with zero attached hydrogens (tertiary/aromatic N) is 4. The highest BCUT2D eigenvalue weighted by Crippen LogP contribution is 2.32. The first kappa shape index (κ1) is 25.0. The minimum atomic E-state index is -4.86. The van der Waals surface area contributed by atoms with Gasteiger partial charge in [-0.15, -0.1) is 0 Å². The Hall–Kier alpha value is -3.60. The van der Waals surface area contributed by atoms with Crippen molar-refractivity contribution in [3.63, 3.8) is 0 Å². The van der Waals surface area contributed by atoms with Gasteiger partial charge in [-0.25, -0.2) is 18.2 Å². The van der Waals surface area contributed by atoms with Gasteiger partial charge in [0.2, 0.25) is 11.7 Å². The third-order valence-corrected chi connectivity index (χ3v) is 5.16. The number of halogens is 6. The molecule has 1 aliphatic heterocycles. The van der Waals surface area contributed by atoms with E-state index in [1.54, 1.807) is 6.07 Å². The smallest absolute Gasteiger partial charge is 0.338 e. The number of amides is 2. The molecule has 14 heteroatoms. The third kappa shape index (κ3) is 5.30. The molecule has 2 heterocycles. The summed E-state index contributed by atoms with van der Waals surface area (Å²) in [6.07, 6.45) is -5.51. The average Bonchev–Trinajstić information content (AvgIpc) is 3.15. The molecule has 1 aromatic carbocycles. The number of carbonyl (C=O) groups is 2. The van der Waals surface area contributed by atoms with E-state index < -0.39 is 59.5 Å². The number of fused-ring (bicyclic) bond motifs is 1. The standard InChI is InChI=1S/C20H18F6N6O2/c21-12-8-14(23)13(22)6-10(12)5-11(28)7-16(33)31-3-4-32-15(9-31)17(18(34)29-2-1-27)30-19(32)20(24,25)26/h6,8,11H,2-5,7,9,28H2,(H,29,34)/t11-/m1/s1. The predicted octanol–water partition coefficient (Wildman–Crippen LogP) is 1.87. The second-order valence-electron chi connectivity index (χ2n) is 7.56. The van der Waals surface area contributed by atoms with Crippen molar-refractivity contribution < 1.29 is 35.9 Å². The number of nitrogens with two attached hydrogens (primary N) is 1. The highest BCUT2D eigenvalue weighted by molar-refractivity contribution is 5.94. The van der Waals surface area contributed by atoms with Gasteiger partial charge in [0.15, 0.2) is 17.3 Å². The van der Waals surface area contributed by atoms with Crippen molar-refractivity contribution in [3.05, 3.63) is 52.4 Å². The fourth-order valence-electron chi connectivity index (χ4n) is 3.61. The number of hydrogen-bond donors (Lipinski definition) is 2. The highest BCUT2D eigenvalue weighted by atomic mass is 19.4. The topological polar surface area (TPSA) is 117 Å². The molecule has 3 rings (SSSR count). The molecular formula is C20H18F6N6O2. The SMILES string of the molecule is N#CCNC(=O)c1nc(C(F)(F)F)n2c1CN(C(=O)C[C@H](N)Cc1cc(F)c(F)cc1F)CC2. The van der Waals surface area contributed by atoms with Crippen LogP contribution in [0.25, 0.3) is 0 Å². The van der Waals surface area contributed by atoms with Crippen LogP contribution in [-0.4, -0.2) is 45.4 Å². The summed E-state index contributed by atoms with van der Waals surface area (Å²) in [6, 6.07) is 1.63. The van der Waals surface area contributed by atoms with Gasteiger partial charge in [0, 0.05) is 31.6 Å². The van der Waals surface area contributed by atoms with Crippen molar-refractivity contribution >= 4 is 11.8 Å². The van der Waals surface area contributed by atoms with E-state index in [4.69, 9.17) is 11.0 Å². The number of aromatic nitrogens is 2. The van der Waals surface area contributed by atoms with E-state index in [2.05, 4.69) is 10.3 Å². The number of imidazole rings is 1.